The molecule has 1 aromatic rings. The van der Waals surface area contributed by atoms with Gasteiger partial charge in [-0.1, -0.05) is 36.4 Å². The molecular formula is C12H12. The Balaban J connectivity index is 2.97. The topological polar surface area (TPSA) is 0 Å². The molecule has 0 N–H and O–H groups in total. The van der Waals surface area contributed by atoms with Crippen LogP contribution >= 0.6 is 0 Å². The third-order valence-electron chi connectivity index (χ3n) is 1.73. The van der Waals surface area contributed by atoms with Crippen LogP contribution in [-0.2, 0) is 6.42 Å². The van der Waals surface area contributed by atoms with Crippen molar-refractivity contribution in [3.8, 4) is 12.3 Å². The van der Waals surface area contributed by atoms with E-state index in [4.69, 9.17) is 6.42 Å². The van der Waals surface area contributed by atoms with Gasteiger partial charge in [0.15, 0.2) is 0 Å². The zero-order chi connectivity index (χ0) is 8.97. The normalized spacial score (nSPS) is 9.00. The number of rotatable bonds is 2. The second-order valence-electron chi connectivity index (χ2n) is 2.86. The lowest BCUT2D eigenvalue weighted by Gasteiger charge is -2.01. The Kier molecular flexibility index (Phi) is 2.71. The van der Waals surface area contributed by atoms with Gasteiger partial charge in [-0.05, 0) is 18.1 Å². The van der Waals surface area contributed by atoms with E-state index in [1.807, 2.05) is 25.1 Å². The summed E-state index contributed by atoms with van der Waals surface area (Å²) >= 11 is 0. The van der Waals surface area contributed by atoms with Crippen LogP contribution in [0.1, 0.15) is 18.1 Å². The molecule has 60 valence electrons. The minimum absolute atomic E-state index is 0.696. The van der Waals surface area contributed by atoms with E-state index in [1.54, 1.807) is 0 Å². The Bertz CT molecular complexity index is 326. The first-order valence-corrected chi connectivity index (χ1v) is 3.92. The predicted octanol–water partition coefficient (Wildman–Crippen LogP) is 2.90. The molecule has 0 radical (unpaired) electrons. The average Bonchev–Trinajstić information content (AvgIpc) is 2.05. The summed E-state index contributed by atoms with van der Waals surface area (Å²) in [6.45, 7) is 5.87. The average molecular weight is 156 g/mol. The lowest BCUT2D eigenvalue weighted by atomic mass is 10.0. The van der Waals surface area contributed by atoms with Gasteiger partial charge in [-0.25, -0.2) is 0 Å². The Morgan fingerprint density at radius 3 is 2.92 bits per heavy atom. The molecule has 1 aromatic carbocycles. The lowest BCUT2D eigenvalue weighted by Crippen LogP contribution is -1.83. The van der Waals surface area contributed by atoms with Gasteiger partial charge in [0.25, 0.3) is 0 Å². The zero-order valence-electron chi connectivity index (χ0n) is 7.30. The highest BCUT2D eigenvalue weighted by atomic mass is 14.0. The van der Waals surface area contributed by atoms with Gasteiger partial charge in [-0.3, -0.25) is 0 Å². The molecule has 0 fully saturated rings. The maximum Gasteiger partial charge on any atom is 0.0337 e. The van der Waals surface area contributed by atoms with Gasteiger partial charge in [0.05, 0.1) is 0 Å². The van der Waals surface area contributed by atoms with Gasteiger partial charge in [-0.15, -0.1) is 12.3 Å². The summed E-state index contributed by atoms with van der Waals surface area (Å²) in [5.41, 5.74) is 3.43. The number of benzene rings is 1. The van der Waals surface area contributed by atoms with E-state index >= 15 is 0 Å². The van der Waals surface area contributed by atoms with Crippen molar-refractivity contribution in [3.05, 3.63) is 42.0 Å². The van der Waals surface area contributed by atoms with E-state index in [0.717, 1.165) is 5.57 Å². The minimum Gasteiger partial charge on any atom is -0.120 e. The van der Waals surface area contributed by atoms with Crippen molar-refractivity contribution >= 4 is 5.57 Å². The van der Waals surface area contributed by atoms with Crippen LogP contribution in [0.4, 0.5) is 0 Å². The first-order chi connectivity index (χ1) is 5.74. The van der Waals surface area contributed by atoms with Crippen LogP contribution in [0.15, 0.2) is 30.8 Å². The summed E-state index contributed by atoms with van der Waals surface area (Å²) < 4.78 is 0. The minimum atomic E-state index is 0.696. The maximum absolute atomic E-state index is 5.21. The predicted molar refractivity (Wildman–Crippen MR) is 53.7 cm³/mol. The maximum atomic E-state index is 5.21. The Hall–Kier alpha value is -1.48. The molecule has 0 spiro atoms. The molecule has 0 aliphatic rings. The summed E-state index contributed by atoms with van der Waals surface area (Å²) in [6, 6.07) is 8.17. The highest BCUT2D eigenvalue weighted by Gasteiger charge is 1.94. The molecule has 0 saturated heterocycles. The molecule has 0 bridgehead atoms. The highest BCUT2D eigenvalue weighted by Crippen LogP contribution is 2.13. The standard InChI is InChI=1S/C12H12/c1-4-6-11-7-5-8-12(9-11)10(2)3/h1,5,7-9H,2,6H2,3H3. The first-order valence-electron chi connectivity index (χ1n) is 3.92. The first kappa shape index (κ1) is 8.62. The van der Waals surface area contributed by atoms with Crippen LogP contribution in [0.5, 0.6) is 0 Å². The molecule has 0 aliphatic heterocycles. The van der Waals surface area contributed by atoms with Gasteiger partial charge >= 0.3 is 0 Å². The number of allylic oxidation sites excluding steroid dienone is 1. The summed E-state index contributed by atoms with van der Waals surface area (Å²) in [7, 11) is 0. The van der Waals surface area contributed by atoms with Crippen molar-refractivity contribution in [3.63, 3.8) is 0 Å². The zero-order valence-corrected chi connectivity index (χ0v) is 7.30. The molecule has 0 aromatic heterocycles. The van der Waals surface area contributed by atoms with Crippen molar-refractivity contribution in [2.75, 3.05) is 0 Å². The fourth-order valence-corrected chi connectivity index (χ4v) is 1.06. The van der Waals surface area contributed by atoms with Gasteiger partial charge in [0, 0.05) is 6.42 Å². The summed E-state index contributed by atoms with van der Waals surface area (Å²) in [4.78, 5) is 0. The van der Waals surface area contributed by atoms with Gasteiger partial charge in [0.1, 0.15) is 0 Å². The third-order valence-corrected chi connectivity index (χ3v) is 1.73. The van der Waals surface area contributed by atoms with E-state index < -0.39 is 0 Å². The summed E-state index contributed by atoms with van der Waals surface area (Å²) in [5, 5.41) is 0. The molecule has 0 saturated carbocycles. The summed E-state index contributed by atoms with van der Waals surface area (Å²) in [6.07, 6.45) is 5.91. The SMILES string of the molecule is C#CCc1cccc(C(=C)C)c1. The van der Waals surface area contributed by atoms with Crippen LogP contribution in [0, 0.1) is 12.3 Å². The molecule has 0 aliphatic carbocycles. The second kappa shape index (κ2) is 3.78. The van der Waals surface area contributed by atoms with E-state index in [-0.39, 0.29) is 0 Å². The molecule has 1 rings (SSSR count). The Morgan fingerprint density at radius 1 is 1.58 bits per heavy atom. The lowest BCUT2D eigenvalue weighted by molar-refractivity contribution is 1.31. The van der Waals surface area contributed by atoms with E-state index in [0.29, 0.717) is 6.42 Å². The molecule has 0 heterocycles. The molecule has 0 unspecified atom stereocenters. The molecule has 0 atom stereocenters. The smallest absolute Gasteiger partial charge is 0.0337 e. The van der Waals surface area contributed by atoms with Crippen molar-refractivity contribution < 1.29 is 0 Å². The van der Waals surface area contributed by atoms with Crippen molar-refractivity contribution in [2.45, 2.75) is 13.3 Å². The highest BCUT2D eigenvalue weighted by molar-refractivity contribution is 5.61. The van der Waals surface area contributed by atoms with Crippen LogP contribution in [0.2, 0.25) is 0 Å². The molecular weight excluding hydrogens is 144 g/mol. The third kappa shape index (κ3) is 2.00. The molecule has 0 amide bonds. The molecule has 12 heavy (non-hydrogen) atoms. The van der Waals surface area contributed by atoms with Crippen LogP contribution in [0.25, 0.3) is 5.57 Å². The van der Waals surface area contributed by atoms with E-state index in [1.165, 1.54) is 11.1 Å². The monoisotopic (exact) mass is 156 g/mol. The van der Waals surface area contributed by atoms with Crippen molar-refractivity contribution in [1.82, 2.24) is 0 Å². The number of hydrogen-bond donors (Lipinski definition) is 0. The summed E-state index contributed by atoms with van der Waals surface area (Å²) in [5.74, 6) is 2.62. The number of hydrogen-bond acceptors (Lipinski definition) is 0. The van der Waals surface area contributed by atoms with Crippen LogP contribution < -0.4 is 0 Å². The largest absolute Gasteiger partial charge is 0.120 e. The Labute approximate surface area is 73.9 Å². The van der Waals surface area contributed by atoms with Gasteiger partial charge in [-0.2, -0.15) is 0 Å². The fraction of sp³-hybridized carbons (Fsp3) is 0.167. The van der Waals surface area contributed by atoms with Gasteiger partial charge < -0.3 is 0 Å². The van der Waals surface area contributed by atoms with Crippen molar-refractivity contribution in [1.29, 1.82) is 0 Å². The quantitative estimate of drug-likeness (QED) is 0.577. The molecule has 0 heteroatoms. The van der Waals surface area contributed by atoms with E-state index in [2.05, 4.69) is 18.6 Å². The molecule has 0 nitrogen and oxygen atoms in total. The Morgan fingerprint density at radius 2 is 2.33 bits per heavy atom. The van der Waals surface area contributed by atoms with Crippen LogP contribution in [-0.4, -0.2) is 0 Å². The number of terminal acetylenes is 1. The second-order valence-corrected chi connectivity index (χ2v) is 2.86. The van der Waals surface area contributed by atoms with Crippen molar-refractivity contribution in [2.24, 2.45) is 0 Å². The van der Waals surface area contributed by atoms with E-state index in [9.17, 15) is 0 Å². The van der Waals surface area contributed by atoms with Crippen LogP contribution in [0.3, 0.4) is 0 Å². The fourth-order valence-electron chi connectivity index (χ4n) is 1.06. The van der Waals surface area contributed by atoms with Gasteiger partial charge in [0.2, 0.25) is 0 Å².